The average molecular weight is 405 g/mol. The van der Waals surface area contributed by atoms with Crippen molar-refractivity contribution >= 4 is 5.91 Å². The Bertz CT molecular complexity index is 958. The van der Waals surface area contributed by atoms with E-state index in [-0.39, 0.29) is 11.9 Å². The van der Waals surface area contributed by atoms with Crippen molar-refractivity contribution in [2.75, 3.05) is 0 Å². The van der Waals surface area contributed by atoms with Crippen LogP contribution in [0.3, 0.4) is 0 Å². The van der Waals surface area contributed by atoms with Crippen molar-refractivity contribution in [1.82, 2.24) is 10.3 Å². The summed E-state index contributed by atoms with van der Waals surface area (Å²) in [5.74, 6) is 0.400. The van der Waals surface area contributed by atoms with E-state index in [4.69, 9.17) is 4.74 Å². The fraction of sp³-hybridized carbons (Fsp3) is 0.280. The van der Waals surface area contributed by atoms with Crippen LogP contribution in [0.2, 0.25) is 0 Å². The number of ether oxygens (including phenoxy) is 1. The van der Waals surface area contributed by atoms with E-state index in [1.54, 1.807) is 32.2 Å². The maximum Gasteiger partial charge on any atom is 0.229 e. The molecule has 0 bridgehead atoms. The van der Waals surface area contributed by atoms with Crippen molar-refractivity contribution in [1.29, 1.82) is 0 Å². The third-order valence-corrected chi connectivity index (χ3v) is 5.17. The molecule has 0 saturated carbocycles. The fourth-order valence-electron chi connectivity index (χ4n) is 3.14. The molecule has 3 aromatic rings. The number of rotatable bonds is 8. The van der Waals surface area contributed by atoms with Crippen LogP contribution < -0.4 is 10.1 Å². The Labute approximate surface area is 177 Å². The Balaban J connectivity index is 1.67. The molecule has 0 spiro atoms. The molecule has 0 aliphatic carbocycles. The molecule has 0 radical (unpaired) electrons. The lowest BCUT2D eigenvalue weighted by atomic mass is 9.81. The highest BCUT2D eigenvalue weighted by Gasteiger charge is 2.37. The van der Waals surface area contributed by atoms with Gasteiger partial charge in [-0.1, -0.05) is 48.5 Å². The number of aromatic nitrogens is 1. The first kappa shape index (κ1) is 21.5. The number of amides is 1. The van der Waals surface area contributed by atoms with Crippen LogP contribution >= 0.6 is 0 Å². The molecule has 1 aromatic heterocycles. The van der Waals surface area contributed by atoms with Gasteiger partial charge in [-0.05, 0) is 56.2 Å². The standard InChI is InChI=1S/C25H28N2O3/c1-18(22-14-7-8-15-26-22)27-24(29)25(2,3)23(28)20-12-9-13-21(16-20)30-17-19-10-5-4-6-11-19/h4-16,18,23,28H,17H2,1-3H3,(H,27,29)/t18-,23-/m1/s1. The molecule has 3 rings (SSSR count). The number of aliphatic hydroxyl groups is 1. The first-order valence-electron chi connectivity index (χ1n) is 10.0. The number of pyridine rings is 1. The number of carbonyl (C=O) groups is 1. The van der Waals surface area contributed by atoms with Gasteiger partial charge >= 0.3 is 0 Å². The van der Waals surface area contributed by atoms with Crippen molar-refractivity contribution in [3.63, 3.8) is 0 Å². The zero-order valence-electron chi connectivity index (χ0n) is 17.6. The second-order valence-electron chi connectivity index (χ2n) is 7.92. The molecule has 0 fully saturated rings. The zero-order valence-corrected chi connectivity index (χ0v) is 17.6. The minimum Gasteiger partial charge on any atom is -0.489 e. The van der Waals surface area contributed by atoms with Crippen molar-refractivity contribution in [2.45, 2.75) is 39.5 Å². The van der Waals surface area contributed by atoms with Gasteiger partial charge in [-0.3, -0.25) is 9.78 Å². The minimum absolute atomic E-state index is 0.247. The molecular weight excluding hydrogens is 376 g/mol. The van der Waals surface area contributed by atoms with Crippen LogP contribution in [0.5, 0.6) is 5.75 Å². The lowest BCUT2D eigenvalue weighted by molar-refractivity contribution is -0.136. The summed E-state index contributed by atoms with van der Waals surface area (Å²) in [6.07, 6.45) is 0.701. The number of aliphatic hydroxyl groups excluding tert-OH is 1. The third-order valence-electron chi connectivity index (χ3n) is 5.17. The van der Waals surface area contributed by atoms with Gasteiger partial charge in [0.1, 0.15) is 12.4 Å². The predicted molar refractivity (Wildman–Crippen MR) is 117 cm³/mol. The number of benzene rings is 2. The van der Waals surface area contributed by atoms with Gasteiger partial charge in [0.05, 0.1) is 23.3 Å². The largest absolute Gasteiger partial charge is 0.489 e. The van der Waals surface area contributed by atoms with Gasteiger partial charge in [-0.2, -0.15) is 0 Å². The topological polar surface area (TPSA) is 71.5 Å². The van der Waals surface area contributed by atoms with E-state index in [2.05, 4.69) is 10.3 Å². The molecule has 30 heavy (non-hydrogen) atoms. The number of hydrogen-bond donors (Lipinski definition) is 2. The quantitative estimate of drug-likeness (QED) is 0.576. The SMILES string of the molecule is C[C@@H](NC(=O)C(C)(C)[C@H](O)c1cccc(OCc2ccccc2)c1)c1ccccn1. The summed E-state index contributed by atoms with van der Waals surface area (Å²) in [4.78, 5) is 17.2. The molecule has 1 amide bonds. The Morgan fingerprint density at radius 3 is 2.50 bits per heavy atom. The van der Waals surface area contributed by atoms with Crippen molar-refractivity contribution < 1.29 is 14.6 Å². The van der Waals surface area contributed by atoms with E-state index in [1.807, 2.05) is 67.6 Å². The van der Waals surface area contributed by atoms with Crippen LogP contribution in [0.25, 0.3) is 0 Å². The summed E-state index contributed by atoms with van der Waals surface area (Å²) in [6, 6.07) is 22.4. The van der Waals surface area contributed by atoms with Crippen LogP contribution in [0.1, 0.15) is 49.7 Å². The lowest BCUT2D eigenvalue weighted by Crippen LogP contribution is -2.42. The molecule has 0 aliphatic rings. The molecule has 5 heteroatoms. The van der Waals surface area contributed by atoms with Gasteiger partial charge in [0.15, 0.2) is 0 Å². The summed E-state index contributed by atoms with van der Waals surface area (Å²) in [5.41, 5.74) is 1.42. The fourth-order valence-corrected chi connectivity index (χ4v) is 3.14. The Hall–Kier alpha value is -3.18. The Kier molecular flexibility index (Phi) is 6.85. The van der Waals surface area contributed by atoms with E-state index in [0.717, 1.165) is 11.3 Å². The zero-order chi connectivity index (χ0) is 21.6. The molecule has 1 heterocycles. The first-order valence-corrected chi connectivity index (χ1v) is 10.0. The van der Waals surface area contributed by atoms with E-state index in [0.29, 0.717) is 17.9 Å². The monoisotopic (exact) mass is 404 g/mol. The van der Waals surface area contributed by atoms with E-state index in [1.165, 1.54) is 0 Å². The molecular formula is C25H28N2O3. The van der Waals surface area contributed by atoms with E-state index in [9.17, 15) is 9.90 Å². The summed E-state index contributed by atoms with van der Waals surface area (Å²) in [6.45, 7) is 5.78. The highest BCUT2D eigenvalue weighted by molar-refractivity contribution is 5.83. The minimum atomic E-state index is -1.04. The number of hydrogen-bond acceptors (Lipinski definition) is 4. The highest BCUT2D eigenvalue weighted by atomic mass is 16.5. The number of carbonyl (C=O) groups excluding carboxylic acids is 1. The van der Waals surface area contributed by atoms with Crippen molar-refractivity contribution in [2.24, 2.45) is 5.41 Å². The number of nitrogens with one attached hydrogen (secondary N) is 1. The van der Waals surface area contributed by atoms with Gasteiger partial charge in [-0.25, -0.2) is 0 Å². The van der Waals surface area contributed by atoms with Crippen LogP contribution in [0, 0.1) is 5.41 Å². The summed E-state index contributed by atoms with van der Waals surface area (Å²) in [5, 5.41) is 13.9. The van der Waals surface area contributed by atoms with Crippen LogP contribution in [-0.4, -0.2) is 16.0 Å². The Morgan fingerprint density at radius 1 is 1.07 bits per heavy atom. The summed E-state index contributed by atoms with van der Waals surface area (Å²) >= 11 is 0. The van der Waals surface area contributed by atoms with Crippen molar-refractivity contribution in [3.05, 3.63) is 95.8 Å². The summed E-state index contributed by atoms with van der Waals surface area (Å²) < 4.78 is 5.86. The van der Waals surface area contributed by atoms with Crippen LogP contribution in [0.15, 0.2) is 79.0 Å². The van der Waals surface area contributed by atoms with Gasteiger partial charge in [0.2, 0.25) is 5.91 Å². The van der Waals surface area contributed by atoms with Gasteiger partial charge < -0.3 is 15.2 Å². The molecule has 0 aliphatic heterocycles. The second kappa shape index (κ2) is 9.55. The third kappa shape index (κ3) is 5.24. The van der Waals surface area contributed by atoms with Gasteiger partial charge in [0, 0.05) is 6.20 Å². The van der Waals surface area contributed by atoms with E-state index < -0.39 is 11.5 Å². The maximum absolute atomic E-state index is 12.9. The maximum atomic E-state index is 12.9. The number of nitrogens with zero attached hydrogens (tertiary/aromatic N) is 1. The smallest absolute Gasteiger partial charge is 0.229 e. The van der Waals surface area contributed by atoms with Gasteiger partial charge in [0.25, 0.3) is 0 Å². The van der Waals surface area contributed by atoms with E-state index >= 15 is 0 Å². The van der Waals surface area contributed by atoms with Crippen LogP contribution in [0.4, 0.5) is 0 Å². The molecule has 0 unspecified atom stereocenters. The second-order valence-corrected chi connectivity index (χ2v) is 7.92. The molecule has 2 aromatic carbocycles. The normalized spacial score (nSPS) is 13.3. The molecule has 2 atom stereocenters. The molecule has 2 N–H and O–H groups in total. The highest BCUT2D eigenvalue weighted by Crippen LogP contribution is 2.35. The average Bonchev–Trinajstić information content (AvgIpc) is 2.78. The van der Waals surface area contributed by atoms with Crippen molar-refractivity contribution in [3.8, 4) is 5.75 Å². The Morgan fingerprint density at radius 2 is 1.80 bits per heavy atom. The lowest BCUT2D eigenvalue weighted by Gasteiger charge is -2.31. The predicted octanol–water partition coefficient (Wildman–Crippen LogP) is 4.60. The van der Waals surface area contributed by atoms with Gasteiger partial charge in [-0.15, -0.1) is 0 Å². The molecule has 0 saturated heterocycles. The molecule has 5 nitrogen and oxygen atoms in total. The first-order chi connectivity index (χ1) is 14.4. The summed E-state index contributed by atoms with van der Waals surface area (Å²) in [7, 11) is 0. The van der Waals surface area contributed by atoms with Crippen LogP contribution in [-0.2, 0) is 11.4 Å². The molecule has 156 valence electrons.